The Hall–Kier alpha value is -3.15. The van der Waals surface area contributed by atoms with Crippen molar-refractivity contribution in [2.24, 2.45) is 11.7 Å². The van der Waals surface area contributed by atoms with Crippen molar-refractivity contribution in [3.05, 3.63) is 54.1 Å². The van der Waals surface area contributed by atoms with Gasteiger partial charge in [0.25, 0.3) is 5.91 Å². The number of benzene rings is 2. The van der Waals surface area contributed by atoms with Crippen molar-refractivity contribution in [2.45, 2.75) is 32.2 Å². The van der Waals surface area contributed by atoms with Crippen molar-refractivity contribution in [3.8, 4) is 11.1 Å². The third-order valence-corrected chi connectivity index (χ3v) is 4.75. The predicted octanol–water partition coefficient (Wildman–Crippen LogP) is 2.75. The molecule has 0 spiro atoms. The number of amides is 3. The lowest BCUT2D eigenvalue weighted by Gasteiger charge is -2.21. The highest BCUT2D eigenvalue weighted by Crippen LogP contribution is 2.37. The number of hydrogen-bond acceptors (Lipinski definition) is 3. The normalized spacial score (nSPS) is 16.3. The summed E-state index contributed by atoms with van der Waals surface area (Å²) in [7, 11) is 0. The summed E-state index contributed by atoms with van der Waals surface area (Å²) in [5.74, 6) is -1.72. The molecule has 0 saturated carbocycles. The minimum absolute atomic E-state index is 0.0319. The van der Waals surface area contributed by atoms with E-state index in [0.717, 1.165) is 23.1 Å². The van der Waals surface area contributed by atoms with Gasteiger partial charge in [-0.2, -0.15) is 0 Å². The van der Waals surface area contributed by atoms with E-state index < -0.39 is 17.9 Å². The van der Waals surface area contributed by atoms with Gasteiger partial charge in [-0.25, -0.2) is 0 Å². The fourth-order valence-electron chi connectivity index (χ4n) is 3.49. The van der Waals surface area contributed by atoms with Crippen molar-refractivity contribution in [1.82, 2.24) is 5.32 Å². The van der Waals surface area contributed by atoms with Crippen molar-refractivity contribution in [2.75, 3.05) is 5.32 Å². The van der Waals surface area contributed by atoms with E-state index in [1.54, 1.807) is 0 Å². The van der Waals surface area contributed by atoms with Gasteiger partial charge in [-0.15, -0.1) is 0 Å². The van der Waals surface area contributed by atoms with Crippen LogP contribution in [0.3, 0.4) is 0 Å². The van der Waals surface area contributed by atoms with E-state index in [4.69, 9.17) is 5.73 Å². The number of carbonyl (C=O) groups excluding carboxylic acids is 3. The van der Waals surface area contributed by atoms with Gasteiger partial charge >= 0.3 is 0 Å². The van der Waals surface area contributed by atoms with E-state index in [1.807, 2.05) is 55.5 Å². The van der Waals surface area contributed by atoms with E-state index in [2.05, 4.69) is 10.6 Å². The average molecular weight is 365 g/mol. The van der Waals surface area contributed by atoms with Crippen LogP contribution in [0.25, 0.3) is 11.1 Å². The molecular formula is C21H23N3O3. The minimum atomic E-state index is -0.840. The maximum absolute atomic E-state index is 12.9. The second-order valence-corrected chi connectivity index (χ2v) is 6.72. The number of para-hydroxylation sites is 1. The van der Waals surface area contributed by atoms with E-state index in [1.165, 1.54) is 0 Å². The van der Waals surface area contributed by atoms with Crippen LogP contribution in [0.1, 0.15) is 37.8 Å². The van der Waals surface area contributed by atoms with Gasteiger partial charge in [0.15, 0.2) is 0 Å². The molecule has 1 heterocycles. The molecule has 0 radical (unpaired) electrons. The third-order valence-electron chi connectivity index (χ3n) is 4.75. The van der Waals surface area contributed by atoms with E-state index >= 15 is 0 Å². The first kappa shape index (κ1) is 18.6. The fourth-order valence-corrected chi connectivity index (χ4v) is 3.49. The van der Waals surface area contributed by atoms with E-state index in [-0.39, 0.29) is 18.2 Å². The molecule has 1 aliphatic heterocycles. The highest BCUT2D eigenvalue weighted by Gasteiger charge is 2.31. The lowest BCUT2D eigenvalue weighted by molar-refractivity contribution is -0.132. The van der Waals surface area contributed by atoms with Crippen LogP contribution < -0.4 is 16.4 Å². The Labute approximate surface area is 158 Å². The van der Waals surface area contributed by atoms with Gasteiger partial charge in [0, 0.05) is 23.6 Å². The zero-order valence-corrected chi connectivity index (χ0v) is 15.2. The van der Waals surface area contributed by atoms with Gasteiger partial charge < -0.3 is 16.4 Å². The van der Waals surface area contributed by atoms with Crippen LogP contribution in [0.15, 0.2) is 48.5 Å². The first-order chi connectivity index (χ1) is 13.0. The highest BCUT2D eigenvalue weighted by molar-refractivity contribution is 6.04. The zero-order valence-electron chi connectivity index (χ0n) is 15.2. The van der Waals surface area contributed by atoms with Crippen LogP contribution in [0, 0.1) is 5.92 Å². The smallest absolute Gasteiger partial charge is 0.251 e. The molecule has 0 aromatic heterocycles. The van der Waals surface area contributed by atoms with Crippen LogP contribution in [-0.4, -0.2) is 17.7 Å². The van der Waals surface area contributed by atoms with Gasteiger partial charge in [-0.05, 0) is 23.6 Å². The molecule has 3 amide bonds. The van der Waals surface area contributed by atoms with Gasteiger partial charge in [0.1, 0.15) is 6.04 Å². The molecule has 1 aliphatic rings. The number of hydrogen-bond donors (Lipinski definition) is 3. The SMILES string of the molecule is CCCC(CC(N)=O)C(=O)NC1C(=O)Nc2ccccc2-c2ccccc21. The number of rotatable bonds is 6. The molecule has 27 heavy (non-hydrogen) atoms. The van der Waals surface area contributed by atoms with Gasteiger partial charge in [0.05, 0.1) is 0 Å². The molecule has 6 heteroatoms. The number of nitrogens with two attached hydrogens (primary N) is 1. The molecule has 0 aliphatic carbocycles. The van der Waals surface area contributed by atoms with Crippen molar-refractivity contribution in [1.29, 1.82) is 0 Å². The quantitative estimate of drug-likeness (QED) is 0.733. The van der Waals surface area contributed by atoms with Crippen LogP contribution in [-0.2, 0) is 14.4 Å². The highest BCUT2D eigenvalue weighted by atomic mass is 16.2. The molecular weight excluding hydrogens is 342 g/mol. The van der Waals surface area contributed by atoms with E-state index in [0.29, 0.717) is 12.1 Å². The fraction of sp³-hybridized carbons (Fsp3) is 0.286. The largest absolute Gasteiger partial charge is 0.370 e. The lowest BCUT2D eigenvalue weighted by atomic mass is 9.94. The Bertz CT molecular complexity index is 878. The number of carbonyl (C=O) groups is 3. The summed E-state index contributed by atoms with van der Waals surface area (Å²) in [5.41, 5.74) is 8.50. The summed E-state index contributed by atoms with van der Waals surface area (Å²) < 4.78 is 0. The summed E-state index contributed by atoms with van der Waals surface area (Å²) in [6.45, 7) is 1.94. The molecule has 0 fully saturated rings. The predicted molar refractivity (Wildman–Crippen MR) is 104 cm³/mol. The molecule has 6 nitrogen and oxygen atoms in total. The number of nitrogens with one attached hydrogen (secondary N) is 2. The van der Waals surface area contributed by atoms with Crippen LogP contribution in [0.4, 0.5) is 5.69 Å². The maximum Gasteiger partial charge on any atom is 0.251 e. The first-order valence-corrected chi connectivity index (χ1v) is 9.09. The molecule has 140 valence electrons. The molecule has 4 N–H and O–H groups in total. The van der Waals surface area contributed by atoms with Crippen LogP contribution >= 0.6 is 0 Å². The van der Waals surface area contributed by atoms with Crippen LogP contribution in [0.2, 0.25) is 0 Å². The number of fused-ring (bicyclic) bond motifs is 3. The second kappa shape index (κ2) is 8.03. The summed E-state index contributed by atoms with van der Waals surface area (Å²) in [6, 6.07) is 14.2. The number of primary amides is 1. The molecule has 0 bridgehead atoms. The molecule has 2 atom stereocenters. The second-order valence-electron chi connectivity index (χ2n) is 6.72. The summed E-state index contributed by atoms with van der Waals surface area (Å²) in [5, 5.41) is 5.72. The Kier molecular flexibility index (Phi) is 5.54. The van der Waals surface area contributed by atoms with Crippen molar-refractivity contribution in [3.63, 3.8) is 0 Å². The third kappa shape index (κ3) is 4.00. The van der Waals surface area contributed by atoms with Crippen molar-refractivity contribution < 1.29 is 14.4 Å². The first-order valence-electron chi connectivity index (χ1n) is 9.09. The molecule has 3 rings (SSSR count). The summed E-state index contributed by atoms with van der Waals surface area (Å²) in [6.07, 6.45) is 1.24. The topological polar surface area (TPSA) is 101 Å². The van der Waals surface area contributed by atoms with Crippen molar-refractivity contribution >= 4 is 23.4 Å². The minimum Gasteiger partial charge on any atom is -0.370 e. The molecule has 2 aromatic rings. The number of anilines is 1. The van der Waals surface area contributed by atoms with E-state index in [9.17, 15) is 14.4 Å². The average Bonchev–Trinajstić information content (AvgIpc) is 2.76. The van der Waals surface area contributed by atoms with Gasteiger partial charge in [-0.3, -0.25) is 14.4 Å². The lowest BCUT2D eigenvalue weighted by Crippen LogP contribution is -2.40. The van der Waals surface area contributed by atoms with Gasteiger partial charge in [-0.1, -0.05) is 55.8 Å². The summed E-state index contributed by atoms with van der Waals surface area (Å²) in [4.78, 5) is 36.9. The molecule has 0 saturated heterocycles. The standard InChI is InChI=1S/C21H23N3O3/c1-2-7-13(12-18(22)25)20(26)24-19-16-10-4-3-8-14(16)15-9-5-6-11-17(15)23-21(19)27/h3-6,8-11,13,19H,2,7,12H2,1H3,(H2,22,25)(H,23,27)(H,24,26). The Balaban J connectivity index is 1.95. The van der Waals surface area contributed by atoms with Gasteiger partial charge in [0.2, 0.25) is 11.8 Å². The summed E-state index contributed by atoms with van der Waals surface area (Å²) >= 11 is 0. The maximum atomic E-state index is 12.9. The Morgan fingerprint density at radius 1 is 1.11 bits per heavy atom. The molecule has 2 aromatic carbocycles. The Morgan fingerprint density at radius 3 is 2.48 bits per heavy atom. The van der Waals surface area contributed by atoms with Crippen LogP contribution in [0.5, 0.6) is 0 Å². The Morgan fingerprint density at radius 2 is 1.78 bits per heavy atom. The molecule has 2 unspecified atom stereocenters. The zero-order chi connectivity index (χ0) is 19.4. The monoisotopic (exact) mass is 365 g/mol.